The molecule has 1 heterocycles. The topological polar surface area (TPSA) is 29.1 Å². The largest absolute Gasteiger partial charge is 0.324 e. The molecule has 1 fully saturated rings. The van der Waals surface area contributed by atoms with Crippen LogP contribution < -0.4 is 5.32 Å². The number of amides is 1. The van der Waals surface area contributed by atoms with Gasteiger partial charge in [0.05, 0.1) is 11.1 Å². The van der Waals surface area contributed by atoms with Crippen LogP contribution in [0.15, 0.2) is 23.1 Å². The average Bonchev–Trinajstić information content (AvgIpc) is 3.00. The predicted molar refractivity (Wildman–Crippen MR) is 62.2 cm³/mol. The standard InChI is InChI=1S/C12H13NOS/c1-8-3-2-4-9-10(8)13-11(14)12(5-6-12)7-15-9/h2-4H,5-7H2,1H3,(H,13,14). The van der Waals surface area contributed by atoms with Gasteiger partial charge in [0.15, 0.2) is 0 Å². The van der Waals surface area contributed by atoms with E-state index in [-0.39, 0.29) is 11.3 Å². The first-order valence-corrected chi connectivity index (χ1v) is 6.24. The molecule has 0 unspecified atom stereocenters. The second kappa shape index (κ2) is 3.01. The van der Waals surface area contributed by atoms with E-state index in [1.165, 1.54) is 4.90 Å². The van der Waals surface area contributed by atoms with Gasteiger partial charge in [-0.3, -0.25) is 4.79 Å². The van der Waals surface area contributed by atoms with Crippen molar-refractivity contribution in [3.05, 3.63) is 23.8 Å². The van der Waals surface area contributed by atoms with E-state index >= 15 is 0 Å². The van der Waals surface area contributed by atoms with Crippen molar-refractivity contribution < 1.29 is 4.79 Å². The molecule has 1 aromatic rings. The molecule has 78 valence electrons. The van der Waals surface area contributed by atoms with Crippen molar-refractivity contribution in [2.45, 2.75) is 24.7 Å². The van der Waals surface area contributed by atoms with E-state index in [0.29, 0.717) is 0 Å². The summed E-state index contributed by atoms with van der Waals surface area (Å²) in [6.07, 6.45) is 2.11. The zero-order valence-corrected chi connectivity index (χ0v) is 9.49. The van der Waals surface area contributed by atoms with Crippen LogP contribution in [0.3, 0.4) is 0 Å². The highest BCUT2D eigenvalue weighted by atomic mass is 32.2. The Bertz CT molecular complexity index is 437. The summed E-state index contributed by atoms with van der Waals surface area (Å²) >= 11 is 1.81. The number of fused-ring (bicyclic) bond motifs is 1. The highest BCUT2D eigenvalue weighted by Crippen LogP contribution is 2.52. The number of rotatable bonds is 0. The maximum absolute atomic E-state index is 12.0. The number of hydrogen-bond acceptors (Lipinski definition) is 2. The van der Waals surface area contributed by atoms with Crippen LogP contribution in [0, 0.1) is 12.3 Å². The van der Waals surface area contributed by atoms with Gasteiger partial charge in [0.2, 0.25) is 5.91 Å². The van der Waals surface area contributed by atoms with Gasteiger partial charge in [-0.05, 0) is 31.4 Å². The van der Waals surface area contributed by atoms with Crippen LogP contribution in [0.2, 0.25) is 0 Å². The molecule has 1 N–H and O–H groups in total. The van der Waals surface area contributed by atoms with Crippen LogP contribution in [-0.4, -0.2) is 11.7 Å². The molecule has 3 rings (SSSR count). The molecule has 1 spiro atoms. The minimum atomic E-state index is -0.0455. The number of carbonyl (C=O) groups excluding carboxylic acids is 1. The number of thioether (sulfide) groups is 1. The van der Waals surface area contributed by atoms with Gasteiger partial charge in [0, 0.05) is 10.6 Å². The molecule has 1 aromatic carbocycles. The number of nitrogens with one attached hydrogen (secondary N) is 1. The summed E-state index contributed by atoms with van der Waals surface area (Å²) < 4.78 is 0. The fraction of sp³-hybridized carbons (Fsp3) is 0.417. The molecule has 0 radical (unpaired) electrons. The fourth-order valence-corrected chi connectivity index (χ4v) is 3.35. The Labute approximate surface area is 93.4 Å². The number of anilines is 1. The quantitative estimate of drug-likeness (QED) is 0.727. The first-order valence-electron chi connectivity index (χ1n) is 5.25. The zero-order chi connectivity index (χ0) is 10.5. The lowest BCUT2D eigenvalue weighted by Crippen LogP contribution is -2.24. The minimum absolute atomic E-state index is 0.0455. The fourth-order valence-electron chi connectivity index (χ4n) is 1.97. The van der Waals surface area contributed by atoms with Crippen LogP contribution in [0.1, 0.15) is 18.4 Å². The molecule has 0 atom stereocenters. The molecular formula is C12H13NOS. The molecule has 0 aromatic heterocycles. The summed E-state index contributed by atoms with van der Waals surface area (Å²) in [5.74, 6) is 1.16. The molecule has 1 aliphatic carbocycles. The summed E-state index contributed by atoms with van der Waals surface area (Å²) in [6, 6.07) is 6.19. The molecule has 0 saturated heterocycles. The average molecular weight is 219 g/mol. The highest BCUT2D eigenvalue weighted by Gasteiger charge is 2.50. The second-order valence-corrected chi connectivity index (χ2v) is 5.49. The van der Waals surface area contributed by atoms with E-state index in [2.05, 4.69) is 17.4 Å². The monoisotopic (exact) mass is 219 g/mol. The third kappa shape index (κ3) is 1.37. The van der Waals surface area contributed by atoms with Crippen molar-refractivity contribution in [3.63, 3.8) is 0 Å². The maximum Gasteiger partial charge on any atom is 0.231 e. The molecule has 1 aliphatic heterocycles. The van der Waals surface area contributed by atoms with Crippen molar-refractivity contribution in [1.29, 1.82) is 0 Å². The van der Waals surface area contributed by atoms with Gasteiger partial charge in [-0.2, -0.15) is 0 Å². The number of hydrogen-bond donors (Lipinski definition) is 1. The summed E-state index contributed by atoms with van der Waals surface area (Å²) in [4.78, 5) is 13.2. The number of benzene rings is 1. The molecule has 15 heavy (non-hydrogen) atoms. The van der Waals surface area contributed by atoms with E-state index in [9.17, 15) is 4.79 Å². The Hall–Kier alpha value is -0.960. The van der Waals surface area contributed by atoms with Crippen LogP contribution >= 0.6 is 11.8 Å². The van der Waals surface area contributed by atoms with E-state index in [1.807, 2.05) is 24.8 Å². The molecule has 1 saturated carbocycles. The summed E-state index contributed by atoms with van der Waals surface area (Å²) in [6.45, 7) is 2.05. The third-order valence-corrected chi connectivity index (χ3v) is 4.66. The van der Waals surface area contributed by atoms with E-state index < -0.39 is 0 Å². The normalized spacial score (nSPS) is 21.8. The Morgan fingerprint density at radius 1 is 1.40 bits per heavy atom. The summed E-state index contributed by atoms with van der Waals surface area (Å²) in [5, 5.41) is 3.08. The van der Waals surface area contributed by atoms with Crippen molar-refractivity contribution in [2.24, 2.45) is 5.41 Å². The highest BCUT2D eigenvalue weighted by molar-refractivity contribution is 7.99. The van der Waals surface area contributed by atoms with E-state index in [0.717, 1.165) is 29.8 Å². The lowest BCUT2D eigenvalue weighted by molar-refractivity contribution is -0.120. The minimum Gasteiger partial charge on any atom is -0.324 e. The van der Waals surface area contributed by atoms with Crippen molar-refractivity contribution in [3.8, 4) is 0 Å². The third-order valence-electron chi connectivity index (χ3n) is 3.31. The molecule has 2 aliphatic rings. The van der Waals surface area contributed by atoms with E-state index in [1.54, 1.807) is 0 Å². The zero-order valence-electron chi connectivity index (χ0n) is 8.67. The van der Waals surface area contributed by atoms with Crippen molar-refractivity contribution in [1.82, 2.24) is 0 Å². The smallest absolute Gasteiger partial charge is 0.231 e. The van der Waals surface area contributed by atoms with Crippen LogP contribution in [0.25, 0.3) is 0 Å². The first-order chi connectivity index (χ1) is 7.21. The summed E-state index contributed by atoms with van der Waals surface area (Å²) in [7, 11) is 0. The molecule has 1 amide bonds. The van der Waals surface area contributed by atoms with E-state index in [4.69, 9.17) is 0 Å². The molecule has 0 bridgehead atoms. The van der Waals surface area contributed by atoms with Gasteiger partial charge in [0.1, 0.15) is 0 Å². The van der Waals surface area contributed by atoms with Crippen molar-refractivity contribution in [2.75, 3.05) is 11.1 Å². The first kappa shape index (κ1) is 9.28. The van der Waals surface area contributed by atoms with Gasteiger partial charge >= 0.3 is 0 Å². The lowest BCUT2D eigenvalue weighted by Gasteiger charge is -2.10. The van der Waals surface area contributed by atoms with Gasteiger partial charge in [-0.1, -0.05) is 12.1 Å². The SMILES string of the molecule is Cc1cccc2c1NC(=O)C1(CC1)CS2. The second-order valence-electron chi connectivity index (χ2n) is 4.47. The number of para-hydroxylation sites is 1. The van der Waals surface area contributed by atoms with Crippen LogP contribution in [0.5, 0.6) is 0 Å². The van der Waals surface area contributed by atoms with Crippen LogP contribution in [-0.2, 0) is 4.79 Å². The van der Waals surface area contributed by atoms with Gasteiger partial charge in [-0.15, -0.1) is 11.8 Å². The number of carbonyl (C=O) groups is 1. The molecular weight excluding hydrogens is 206 g/mol. The Morgan fingerprint density at radius 2 is 2.20 bits per heavy atom. The van der Waals surface area contributed by atoms with Gasteiger partial charge in [-0.25, -0.2) is 0 Å². The Kier molecular flexibility index (Phi) is 1.87. The Balaban J connectivity index is 2.04. The maximum atomic E-state index is 12.0. The molecule has 2 nitrogen and oxygen atoms in total. The van der Waals surface area contributed by atoms with Gasteiger partial charge < -0.3 is 5.32 Å². The predicted octanol–water partition coefficient (Wildman–Crippen LogP) is 2.82. The number of aryl methyl sites for hydroxylation is 1. The lowest BCUT2D eigenvalue weighted by atomic mass is 10.1. The Morgan fingerprint density at radius 3 is 2.93 bits per heavy atom. The molecule has 3 heteroatoms. The van der Waals surface area contributed by atoms with Gasteiger partial charge in [0.25, 0.3) is 0 Å². The van der Waals surface area contributed by atoms with Crippen molar-refractivity contribution >= 4 is 23.4 Å². The summed E-state index contributed by atoms with van der Waals surface area (Å²) in [5.41, 5.74) is 2.14. The van der Waals surface area contributed by atoms with Crippen LogP contribution in [0.4, 0.5) is 5.69 Å².